The third-order valence-electron chi connectivity index (χ3n) is 3.76. The Morgan fingerprint density at radius 1 is 1.08 bits per heavy atom. The Morgan fingerprint density at radius 2 is 1.96 bits per heavy atom. The molecule has 1 aromatic carbocycles. The van der Waals surface area contributed by atoms with Crippen molar-refractivity contribution in [3.63, 3.8) is 0 Å². The molecule has 4 rings (SSSR count). The molecule has 4 aromatic rings. The lowest BCUT2D eigenvalue weighted by Gasteiger charge is -2.17. The molecule has 0 fully saturated rings. The second kappa shape index (κ2) is 7.59. The number of rotatable bonds is 5. The number of nitrogens with zero attached hydrogens (tertiary/aromatic N) is 3. The maximum atomic E-state index is 12.9. The van der Waals surface area contributed by atoms with Gasteiger partial charge in [0.05, 0.1) is 22.5 Å². The molecule has 3 heterocycles. The quantitative estimate of drug-likeness (QED) is 0.460. The van der Waals surface area contributed by atoms with Gasteiger partial charge in [-0.3, -0.25) is 14.7 Å². The van der Waals surface area contributed by atoms with Crippen molar-refractivity contribution in [2.45, 2.75) is 6.54 Å². The summed E-state index contributed by atoms with van der Waals surface area (Å²) in [7, 11) is 0. The molecule has 1 amide bonds. The Kier molecular flexibility index (Phi) is 4.86. The van der Waals surface area contributed by atoms with Gasteiger partial charge in [0.2, 0.25) is 0 Å². The van der Waals surface area contributed by atoms with Crippen molar-refractivity contribution in [3.8, 4) is 0 Å². The summed E-state index contributed by atoms with van der Waals surface area (Å²) >= 11 is 3.11. The van der Waals surface area contributed by atoms with E-state index in [1.807, 2.05) is 66.1 Å². The second-order valence-corrected chi connectivity index (χ2v) is 7.55. The van der Waals surface area contributed by atoms with Gasteiger partial charge >= 0.3 is 0 Å². The molecule has 0 N–H and O–H groups in total. The van der Waals surface area contributed by atoms with E-state index in [-0.39, 0.29) is 5.91 Å². The zero-order valence-electron chi connectivity index (χ0n) is 13.8. The van der Waals surface area contributed by atoms with Crippen LogP contribution in [0.2, 0.25) is 0 Å². The van der Waals surface area contributed by atoms with Crippen LogP contribution in [0.5, 0.6) is 0 Å². The van der Waals surface area contributed by atoms with Crippen LogP contribution in [0.25, 0.3) is 16.3 Å². The number of amides is 1. The molecule has 0 unspecified atom stereocenters. The predicted molar refractivity (Wildman–Crippen MR) is 108 cm³/mol. The minimum atomic E-state index is -0.108. The topological polar surface area (TPSA) is 46.1 Å². The highest BCUT2D eigenvalue weighted by Gasteiger charge is 2.18. The number of thiophene rings is 1. The van der Waals surface area contributed by atoms with Gasteiger partial charge in [-0.25, -0.2) is 4.98 Å². The first-order chi connectivity index (χ1) is 12.8. The van der Waals surface area contributed by atoms with Gasteiger partial charge in [-0.2, -0.15) is 0 Å². The number of hydrogen-bond donors (Lipinski definition) is 0. The Bertz CT molecular complexity index is 1010. The summed E-state index contributed by atoms with van der Waals surface area (Å²) in [6.45, 7) is 0.383. The molecule has 0 bridgehead atoms. The van der Waals surface area contributed by atoms with Crippen LogP contribution in [0.15, 0.2) is 72.3 Å². The van der Waals surface area contributed by atoms with E-state index >= 15 is 0 Å². The highest BCUT2D eigenvalue weighted by molar-refractivity contribution is 7.22. The largest absolute Gasteiger partial charge is 0.278 e. The third-order valence-corrected chi connectivity index (χ3v) is 5.66. The van der Waals surface area contributed by atoms with Gasteiger partial charge in [0.1, 0.15) is 0 Å². The van der Waals surface area contributed by atoms with E-state index in [1.54, 1.807) is 28.5 Å². The fourth-order valence-corrected chi connectivity index (χ4v) is 4.09. The van der Waals surface area contributed by atoms with Gasteiger partial charge < -0.3 is 0 Å². The summed E-state index contributed by atoms with van der Waals surface area (Å²) in [6, 6.07) is 17.6. The zero-order chi connectivity index (χ0) is 17.8. The lowest BCUT2D eigenvalue weighted by Crippen LogP contribution is -2.28. The van der Waals surface area contributed by atoms with Crippen LogP contribution in [0.3, 0.4) is 0 Å². The first-order valence-corrected chi connectivity index (χ1v) is 9.78. The minimum Gasteiger partial charge on any atom is -0.278 e. The molecule has 0 aliphatic heterocycles. The maximum Gasteiger partial charge on any atom is 0.253 e. The first-order valence-electron chi connectivity index (χ1n) is 8.08. The number of anilines is 1. The van der Waals surface area contributed by atoms with Crippen LogP contribution in [0.4, 0.5) is 5.13 Å². The molecule has 0 aliphatic carbocycles. The van der Waals surface area contributed by atoms with Crippen molar-refractivity contribution in [1.29, 1.82) is 0 Å². The van der Waals surface area contributed by atoms with Gasteiger partial charge in [-0.1, -0.05) is 35.6 Å². The Hall–Kier alpha value is -2.83. The van der Waals surface area contributed by atoms with Gasteiger partial charge in [0.15, 0.2) is 5.13 Å². The number of carbonyl (C=O) groups excluding carboxylic acids is 1. The van der Waals surface area contributed by atoms with E-state index in [4.69, 9.17) is 0 Å². The molecular formula is C20H15N3OS2. The molecule has 26 heavy (non-hydrogen) atoms. The highest BCUT2D eigenvalue weighted by atomic mass is 32.1. The Balaban J connectivity index is 1.67. The van der Waals surface area contributed by atoms with Crippen LogP contribution >= 0.6 is 22.7 Å². The zero-order valence-corrected chi connectivity index (χ0v) is 15.4. The molecule has 6 heteroatoms. The normalized spacial score (nSPS) is 11.2. The summed E-state index contributed by atoms with van der Waals surface area (Å²) < 4.78 is 1.06. The van der Waals surface area contributed by atoms with Crippen LogP contribution < -0.4 is 4.90 Å². The molecular weight excluding hydrogens is 362 g/mol. The van der Waals surface area contributed by atoms with Crippen molar-refractivity contribution >= 4 is 50.0 Å². The van der Waals surface area contributed by atoms with Crippen LogP contribution in [-0.4, -0.2) is 15.9 Å². The SMILES string of the molecule is O=C(C=Cc1cccs1)N(Cc1ccccn1)c1nc2ccccc2s1. The smallest absolute Gasteiger partial charge is 0.253 e. The molecule has 0 saturated heterocycles. The predicted octanol–water partition coefficient (Wildman–Crippen LogP) is 5.00. The summed E-state index contributed by atoms with van der Waals surface area (Å²) in [5.41, 5.74) is 1.72. The highest BCUT2D eigenvalue weighted by Crippen LogP contribution is 2.29. The van der Waals surface area contributed by atoms with Crippen molar-refractivity contribution < 1.29 is 4.79 Å². The fraction of sp³-hybridized carbons (Fsp3) is 0.0500. The molecule has 0 aliphatic rings. The van der Waals surface area contributed by atoms with E-state index in [9.17, 15) is 4.79 Å². The van der Waals surface area contributed by atoms with E-state index in [2.05, 4.69) is 9.97 Å². The number of pyridine rings is 1. The number of benzene rings is 1. The Morgan fingerprint density at radius 3 is 2.73 bits per heavy atom. The van der Waals surface area contributed by atoms with Crippen LogP contribution in [0.1, 0.15) is 10.6 Å². The summed E-state index contributed by atoms with van der Waals surface area (Å²) in [6.07, 6.45) is 5.17. The first kappa shape index (κ1) is 16.6. The van der Waals surface area contributed by atoms with E-state index in [1.165, 1.54) is 11.3 Å². The number of fused-ring (bicyclic) bond motifs is 1. The Labute approximate surface area is 159 Å². The summed E-state index contributed by atoms with van der Waals surface area (Å²) in [5.74, 6) is -0.108. The van der Waals surface area contributed by atoms with Crippen molar-refractivity contribution in [1.82, 2.24) is 9.97 Å². The molecule has 0 spiro atoms. The number of hydrogen-bond acceptors (Lipinski definition) is 5. The fourth-order valence-electron chi connectivity index (χ4n) is 2.50. The molecule has 3 aromatic heterocycles. The van der Waals surface area contributed by atoms with Gasteiger partial charge in [0.25, 0.3) is 5.91 Å². The standard InChI is InChI=1S/C20H15N3OS2/c24-19(11-10-16-7-5-13-25-16)23(14-15-6-3-4-12-21-15)20-22-17-8-1-2-9-18(17)26-20/h1-13H,14H2. The van der Waals surface area contributed by atoms with Crippen LogP contribution in [-0.2, 0) is 11.3 Å². The third kappa shape index (κ3) is 3.71. The van der Waals surface area contributed by atoms with Gasteiger partial charge in [0, 0.05) is 17.2 Å². The van der Waals surface area contributed by atoms with Crippen LogP contribution in [0, 0.1) is 0 Å². The van der Waals surface area contributed by atoms with Gasteiger partial charge in [-0.05, 0) is 41.8 Å². The number of carbonyl (C=O) groups is 1. The average Bonchev–Trinajstić information content (AvgIpc) is 3.34. The van der Waals surface area contributed by atoms with Crippen molar-refractivity contribution in [2.24, 2.45) is 0 Å². The molecule has 4 nitrogen and oxygen atoms in total. The van der Waals surface area contributed by atoms with E-state index in [0.29, 0.717) is 11.7 Å². The summed E-state index contributed by atoms with van der Waals surface area (Å²) in [5, 5.41) is 2.67. The monoisotopic (exact) mass is 377 g/mol. The number of aromatic nitrogens is 2. The lowest BCUT2D eigenvalue weighted by molar-refractivity contribution is -0.114. The average molecular weight is 377 g/mol. The van der Waals surface area contributed by atoms with Crippen molar-refractivity contribution in [2.75, 3.05) is 4.90 Å². The minimum absolute atomic E-state index is 0.108. The molecule has 0 radical (unpaired) electrons. The van der Waals surface area contributed by atoms with Crippen molar-refractivity contribution in [3.05, 3.63) is 82.8 Å². The van der Waals surface area contributed by atoms with Gasteiger partial charge in [-0.15, -0.1) is 11.3 Å². The second-order valence-electron chi connectivity index (χ2n) is 5.56. The maximum absolute atomic E-state index is 12.9. The molecule has 0 atom stereocenters. The number of thiazole rings is 1. The summed E-state index contributed by atoms with van der Waals surface area (Å²) in [4.78, 5) is 24.6. The lowest BCUT2D eigenvalue weighted by atomic mass is 10.3. The van der Waals surface area contributed by atoms with E-state index in [0.717, 1.165) is 20.8 Å². The molecule has 128 valence electrons. The molecule has 0 saturated carbocycles. The number of para-hydroxylation sites is 1. The van der Waals surface area contributed by atoms with E-state index < -0.39 is 0 Å².